The minimum absolute atomic E-state index is 0.200. The van der Waals surface area contributed by atoms with E-state index in [1.807, 2.05) is 42.1 Å². The smallest absolute Gasteiger partial charge is 0.279 e. The maximum atomic E-state index is 12.4. The number of aromatic nitrogens is 1. The first-order valence-electron chi connectivity index (χ1n) is 7.29. The number of aryl methyl sites for hydroxylation is 3. The fourth-order valence-electron chi connectivity index (χ4n) is 2.67. The summed E-state index contributed by atoms with van der Waals surface area (Å²) in [6.45, 7) is 4.18. The Morgan fingerprint density at radius 2 is 1.87 bits per heavy atom. The number of hydrogen-bond acceptors (Lipinski definition) is 3. The fraction of sp³-hybridized carbons (Fsp3) is 0.222. The topological polar surface area (TPSA) is 34.4 Å². The molecule has 0 atom stereocenters. The van der Waals surface area contributed by atoms with Crippen molar-refractivity contribution in [2.75, 3.05) is 6.26 Å². The van der Waals surface area contributed by atoms with Crippen LogP contribution in [0.5, 0.6) is 0 Å². The van der Waals surface area contributed by atoms with Crippen LogP contribution in [0.4, 0.5) is 0 Å². The van der Waals surface area contributed by atoms with Crippen molar-refractivity contribution >= 4 is 39.2 Å². The van der Waals surface area contributed by atoms with Crippen LogP contribution in [0.15, 0.2) is 46.3 Å². The molecule has 0 unspecified atom stereocenters. The normalized spacial score (nSPS) is 12.1. The molecule has 0 N–H and O–H groups in total. The van der Waals surface area contributed by atoms with Gasteiger partial charge in [0.2, 0.25) is 0 Å². The number of fused-ring (bicyclic) bond motifs is 1. The zero-order valence-electron chi connectivity index (χ0n) is 13.6. The van der Waals surface area contributed by atoms with Crippen LogP contribution in [0.3, 0.4) is 0 Å². The van der Waals surface area contributed by atoms with Crippen LogP contribution in [-0.2, 0) is 7.05 Å². The van der Waals surface area contributed by atoms with Gasteiger partial charge in [0.05, 0.1) is 10.2 Å². The van der Waals surface area contributed by atoms with Crippen molar-refractivity contribution in [1.29, 1.82) is 0 Å². The van der Waals surface area contributed by atoms with Crippen LogP contribution in [0, 0.1) is 13.8 Å². The van der Waals surface area contributed by atoms with Crippen molar-refractivity contribution in [3.63, 3.8) is 0 Å². The summed E-state index contributed by atoms with van der Waals surface area (Å²) in [7, 11) is 1.96. The molecule has 23 heavy (non-hydrogen) atoms. The SMILES string of the molecule is CSc1ccc(C(=O)N=c2sc3cc(C)cc(C)c3n2C)cc1. The number of rotatable bonds is 2. The minimum atomic E-state index is -0.200. The molecule has 0 aliphatic rings. The zero-order chi connectivity index (χ0) is 16.6. The van der Waals surface area contributed by atoms with E-state index in [0.717, 1.165) is 19.9 Å². The second kappa shape index (κ2) is 6.34. The van der Waals surface area contributed by atoms with E-state index in [-0.39, 0.29) is 5.91 Å². The summed E-state index contributed by atoms with van der Waals surface area (Å²) in [5.41, 5.74) is 4.19. The van der Waals surface area contributed by atoms with Crippen LogP contribution in [0.25, 0.3) is 10.2 Å². The molecule has 1 heterocycles. The third kappa shape index (κ3) is 3.12. The Kier molecular flexibility index (Phi) is 4.41. The van der Waals surface area contributed by atoms with Crippen LogP contribution in [-0.4, -0.2) is 16.7 Å². The lowest BCUT2D eigenvalue weighted by Gasteiger charge is -2.01. The molecule has 1 aromatic heterocycles. The maximum absolute atomic E-state index is 12.4. The highest BCUT2D eigenvalue weighted by Gasteiger charge is 2.09. The average Bonchev–Trinajstić information content (AvgIpc) is 2.83. The Morgan fingerprint density at radius 1 is 1.17 bits per heavy atom. The van der Waals surface area contributed by atoms with Crippen molar-refractivity contribution in [3.05, 3.63) is 57.9 Å². The third-order valence-electron chi connectivity index (χ3n) is 3.77. The molecule has 3 aromatic rings. The van der Waals surface area contributed by atoms with E-state index in [0.29, 0.717) is 5.56 Å². The second-order valence-electron chi connectivity index (χ2n) is 5.52. The van der Waals surface area contributed by atoms with Gasteiger partial charge in [0, 0.05) is 17.5 Å². The van der Waals surface area contributed by atoms with Gasteiger partial charge in [-0.25, -0.2) is 0 Å². The van der Waals surface area contributed by atoms with Crippen LogP contribution >= 0.6 is 23.1 Å². The number of carbonyl (C=O) groups is 1. The van der Waals surface area contributed by atoms with Gasteiger partial charge in [-0.05, 0) is 61.6 Å². The van der Waals surface area contributed by atoms with E-state index in [2.05, 4.69) is 31.0 Å². The second-order valence-corrected chi connectivity index (χ2v) is 7.41. The number of hydrogen-bond donors (Lipinski definition) is 0. The lowest BCUT2D eigenvalue weighted by molar-refractivity contribution is 0.0998. The summed E-state index contributed by atoms with van der Waals surface area (Å²) in [4.78, 5) is 18.6. The van der Waals surface area contributed by atoms with E-state index < -0.39 is 0 Å². The van der Waals surface area contributed by atoms with Gasteiger partial charge in [-0.1, -0.05) is 17.4 Å². The Bertz CT molecular complexity index is 950. The Labute approximate surface area is 143 Å². The summed E-state index contributed by atoms with van der Waals surface area (Å²) in [6, 6.07) is 11.9. The molecule has 0 saturated heterocycles. The molecule has 0 bridgehead atoms. The number of benzene rings is 2. The number of thiazole rings is 1. The van der Waals surface area contributed by atoms with Gasteiger partial charge in [-0.15, -0.1) is 11.8 Å². The first-order chi connectivity index (χ1) is 11.0. The Morgan fingerprint density at radius 3 is 2.52 bits per heavy atom. The van der Waals surface area contributed by atoms with E-state index in [4.69, 9.17) is 0 Å². The van der Waals surface area contributed by atoms with Gasteiger partial charge in [-0.2, -0.15) is 4.99 Å². The molecule has 2 aromatic carbocycles. The summed E-state index contributed by atoms with van der Waals surface area (Å²) in [5, 5.41) is 0. The van der Waals surface area contributed by atoms with Gasteiger partial charge in [0.25, 0.3) is 5.91 Å². The first kappa shape index (κ1) is 16.0. The predicted molar refractivity (Wildman–Crippen MR) is 98.4 cm³/mol. The van der Waals surface area contributed by atoms with Crippen LogP contribution in [0.1, 0.15) is 21.5 Å². The number of carbonyl (C=O) groups excluding carboxylic acids is 1. The van der Waals surface area contributed by atoms with Crippen molar-refractivity contribution in [2.45, 2.75) is 18.7 Å². The molecule has 1 amide bonds. The van der Waals surface area contributed by atoms with Gasteiger partial charge < -0.3 is 4.57 Å². The number of thioether (sulfide) groups is 1. The van der Waals surface area contributed by atoms with Crippen molar-refractivity contribution in [1.82, 2.24) is 4.57 Å². The third-order valence-corrected chi connectivity index (χ3v) is 5.59. The molecule has 0 aliphatic carbocycles. The van der Waals surface area contributed by atoms with Gasteiger partial charge in [0.1, 0.15) is 0 Å². The zero-order valence-corrected chi connectivity index (χ0v) is 15.2. The van der Waals surface area contributed by atoms with Crippen molar-refractivity contribution in [2.24, 2.45) is 12.0 Å². The molecule has 0 spiro atoms. The van der Waals surface area contributed by atoms with Gasteiger partial charge in [0.15, 0.2) is 4.80 Å². The number of nitrogens with zero attached hydrogens (tertiary/aromatic N) is 2. The molecule has 3 nitrogen and oxygen atoms in total. The molecular weight excluding hydrogens is 324 g/mol. The van der Waals surface area contributed by atoms with E-state index in [1.165, 1.54) is 11.1 Å². The summed E-state index contributed by atoms with van der Waals surface area (Å²) < 4.78 is 3.16. The van der Waals surface area contributed by atoms with Gasteiger partial charge in [-0.3, -0.25) is 4.79 Å². The summed E-state index contributed by atoms with van der Waals surface area (Å²) >= 11 is 3.21. The fourth-order valence-corrected chi connectivity index (χ4v) is 4.28. The van der Waals surface area contributed by atoms with E-state index in [9.17, 15) is 4.79 Å². The quantitative estimate of drug-likeness (QED) is 0.650. The minimum Gasteiger partial charge on any atom is -0.319 e. The monoisotopic (exact) mass is 342 g/mol. The Hall–Kier alpha value is -1.85. The highest BCUT2D eigenvalue weighted by molar-refractivity contribution is 7.98. The molecule has 3 rings (SSSR count). The first-order valence-corrected chi connectivity index (χ1v) is 9.33. The molecule has 0 aliphatic heterocycles. The van der Waals surface area contributed by atoms with Crippen molar-refractivity contribution in [3.8, 4) is 0 Å². The Balaban J connectivity index is 2.08. The molecule has 118 valence electrons. The highest BCUT2D eigenvalue weighted by Crippen LogP contribution is 2.22. The summed E-state index contributed by atoms with van der Waals surface area (Å²) in [6.07, 6.45) is 2.02. The average molecular weight is 342 g/mol. The molecule has 0 fully saturated rings. The highest BCUT2D eigenvalue weighted by atomic mass is 32.2. The van der Waals surface area contributed by atoms with Crippen LogP contribution in [0.2, 0.25) is 0 Å². The predicted octanol–water partition coefficient (Wildman–Crippen LogP) is 4.32. The summed E-state index contributed by atoms with van der Waals surface area (Å²) in [5.74, 6) is -0.200. The number of amides is 1. The van der Waals surface area contributed by atoms with E-state index >= 15 is 0 Å². The largest absolute Gasteiger partial charge is 0.319 e. The van der Waals surface area contributed by atoms with Gasteiger partial charge >= 0.3 is 0 Å². The lowest BCUT2D eigenvalue weighted by atomic mass is 10.1. The van der Waals surface area contributed by atoms with Crippen molar-refractivity contribution < 1.29 is 4.79 Å². The standard InChI is InChI=1S/C18H18N2OS2/c1-11-9-12(2)16-15(10-11)23-18(20(16)3)19-17(21)13-5-7-14(22-4)8-6-13/h5-10H,1-4H3. The maximum Gasteiger partial charge on any atom is 0.279 e. The van der Waals surface area contributed by atoms with E-state index in [1.54, 1.807) is 23.1 Å². The molecule has 0 radical (unpaired) electrons. The molecular formula is C18H18N2OS2. The molecule has 0 saturated carbocycles. The lowest BCUT2D eigenvalue weighted by Crippen LogP contribution is -2.13. The van der Waals surface area contributed by atoms with Crippen LogP contribution < -0.4 is 4.80 Å². The molecule has 5 heteroatoms.